The molecule has 0 amide bonds. The summed E-state index contributed by atoms with van der Waals surface area (Å²) in [6.45, 7) is -5.88. The second-order valence-electron chi connectivity index (χ2n) is 16.3. The Kier molecular flexibility index (Phi) is 31.6. The Morgan fingerprint density at radius 2 is 0.602 bits per heavy atom. The van der Waals surface area contributed by atoms with Crippen LogP contribution in [-0.4, -0.2) is 238 Å². The molecule has 0 aromatic carbocycles. The van der Waals surface area contributed by atoms with Gasteiger partial charge in [-0.05, 0) is 27.7 Å². The van der Waals surface area contributed by atoms with Crippen molar-refractivity contribution in [1.29, 1.82) is 0 Å². The zero-order valence-electron chi connectivity index (χ0n) is 45.5. The highest BCUT2D eigenvalue weighted by Gasteiger charge is 2.58. The van der Waals surface area contributed by atoms with Gasteiger partial charge < -0.3 is 46.0 Å². The van der Waals surface area contributed by atoms with E-state index < -0.39 is 122 Å². The number of aromatic nitrogens is 15. The van der Waals surface area contributed by atoms with Gasteiger partial charge in [0.25, 0.3) is 0 Å². The number of aliphatic carboxylic acids is 2. The minimum absolute atomic E-state index is 0.308. The highest BCUT2D eigenvalue weighted by atomic mass is 16.7. The average molecular weight is 1320 g/mol. The van der Waals surface area contributed by atoms with Crippen LogP contribution in [0.25, 0.3) is 52.2 Å². The molecule has 0 aliphatic rings. The molecule has 58 heteroatoms. The second kappa shape index (κ2) is 37.6. The van der Waals surface area contributed by atoms with Crippen LogP contribution in [0.15, 0.2) is 56.6 Å². The number of carboxylic acid groups (broad SMARTS) is 7. The SMILES string of the molecule is C#CC(=O)O.C#CC(=O)O.O=C(O)c1cn(CC(Cn2cc(C(=O)O)nn2)([N+](=O)[O-])[N+](=O)[O-])nn1.O=C(O)c1cn(CC(O)(Cn2cc(C(=O)O)nn2)Cn2cc(C(=O)O)nn2)nn1.[N-]=[N+]=NCC(CN=[N+]=[N-])([N+](=O)[O-])[N+](=O)[O-].[N-]=[N+]=NCC(O)(CN=[N+]=[N-])CN=[N+]=[N-]. The first-order valence-corrected chi connectivity index (χ1v) is 22.7. The zero-order valence-corrected chi connectivity index (χ0v) is 45.5. The van der Waals surface area contributed by atoms with Gasteiger partial charge in [0.15, 0.2) is 54.6 Å². The molecule has 490 valence electrons. The predicted molar refractivity (Wildman–Crippen MR) is 281 cm³/mol. The van der Waals surface area contributed by atoms with E-state index in [0.717, 1.165) is 45.0 Å². The third-order valence-corrected chi connectivity index (χ3v) is 9.65. The van der Waals surface area contributed by atoms with Gasteiger partial charge in [-0.2, -0.15) is 0 Å². The molecule has 0 atom stereocenters. The van der Waals surface area contributed by atoms with Crippen LogP contribution in [0.5, 0.6) is 0 Å². The summed E-state index contributed by atoms with van der Waals surface area (Å²) in [6.07, 6.45) is 13.5. The van der Waals surface area contributed by atoms with Crippen molar-refractivity contribution in [2.45, 2.75) is 55.3 Å². The normalized spacial score (nSPS) is 10.6. The number of hydrogen-bond acceptors (Lipinski definition) is 32. The maximum Gasteiger partial charge on any atom is 0.496 e. The van der Waals surface area contributed by atoms with E-state index in [4.69, 9.17) is 73.0 Å². The Bertz CT molecular complexity index is 3580. The minimum atomic E-state index is -2.91. The number of terminal acetylenes is 2. The largest absolute Gasteiger partial charge is 0.496 e. The number of aliphatic hydroxyl groups is 2. The van der Waals surface area contributed by atoms with Gasteiger partial charge in [0.05, 0.1) is 85.7 Å². The number of carboxylic acids is 7. The lowest BCUT2D eigenvalue weighted by Gasteiger charge is -2.27. The first-order chi connectivity index (χ1) is 43.5. The lowest BCUT2D eigenvalue weighted by molar-refractivity contribution is -0.801. The average Bonchev–Trinajstić information content (AvgIpc) is 1.81. The molecule has 5 rings (SSSR count). The highest BCUT2D eigenvalue weighted by molar-refractivity contribution is 5.87. The predicted octanol–water partition coefficient (Wildman–Crippen LogP) is -2.18. The van der Waals surface area contributed by atoms with Crippen LogP contribution in [0.3, 0.4) is 0 Å². The Morgan fingerprint density at radius 1 is 0.409 bits per heavy atom. The van der Waals surface area contributed by atoms with Crippen LogP contribution in [-0.2, 0) is 42.3 Å². The molecule has 5 aromatic rings. The molecule has 5 aromatic heterocycles. The summed E-state index contributed by atoms with van der Waals surface area (Å²) in [6, 6.07) is 0. The minimum Gasteiger partial charge on any atom is -0.476 e. The lowest BCUT2D eigenvalue weighted by Crippen LogP contribution is -2.53. The van der Waals surface area contributed by atoms with Gasteiger partial charge in [-0.3, -0.25) is 40.5 Å². The first kappa shape index (κ1) is 78.2. The van der Waals surface area contributed by atoms with Crippen molar-refractivity contribution in [3.05, 3.63) is 152 Å². The van der Waals surface area contributed by atoms with Crippen LogP contribution in [0, 0.1) is 65.1 Å². The summed E-state index contributed by atoms with van der Waals surface area (Å²) < 4.78 is 4.45. The van der Waals surface area contributed by atoms with E-state index in [0.29, 0.717) is 9.36 Å². The van der Waals surface area contributed by atoms with Gasteiger partial charge in [-0.1, -0.05) is 51.6 Å². The molecule has 0 bridgehead atoms. The number of carbonyl (C=O) groups is 7. The first-order valence-electron chi connectivity index (χ1n) is 22.7. The van der Waals surface area contributed by atoms with Gasteiger partial charge in [0, 0.05) is 36.4 Å². The Labute approximate surface area is 505 Å². The van der Waals surface area contributed by atoms with E-state index in [1.807, 2.05) is 0 Å². The maximum absolute atomic E-state index is 11.4. The molecule has 5 heterocycles. The summed E-state index contributed by atoms with van der Waals surface area (Å²) >= 11 is 0. The Hall–Kier alpha value is -14.8. The molecule has 0 aliphatic heterocycles. The van der Waals surface area contributed by atoms with Crippen molar-refractivity contribution >= 4 is 41.8 Å². The van der Waals surface area contributed by atoms with E-state index in [9.17, 15) is 74.6 Å². The van der Waals surface area contributed by atoms with E-state index in [2.05, 4.69) is 115 Å². The van der Waals surface area contributed by atoms with Gasteiger partial charge in [-0.25, -0.2) is 57.0 Å². The molecule has 0 saturated heterocycles. The van der Waals surface area contributed by atoms with Gasteiger partial charge in [-0.15, -0.1) is 38.3 Å². The molecule has 0 saturated carbocycles. The van der Waals surface area contributed by atoms with E-state index in [-0.39, 0.29) is 56.4 Å². The Balaban J connectivity index is 0.00000120. The summed E-state index contributed by atoms with van der Waals surface area (Å²) in [4.78, 5) is 123. The summed E-state index contributed by atoms with van der Waals surface area (Å²) in [7, 11) is 0. The monoisotopic (exact) mass is 1320 g/mol. The van der Waals surface area contributed by atoms with Crippen molar-refractivity contribution < 1.29 is 99.2 Å². The van der Waals surface area contributed by atoms with E-state index in [1.54, 1.807) is 0 Å². The third kappa shape index (κ3) is 26.6. The highest BCUT2D eigenvalue weighted by Crippen LogP contribution is 2.19. The number of hydrogen-bond donors (Lipinski definition) is 9. The fourth-order valence-corrected chi connectivity index (χ4v) is 5.57. The molecule has 0 unspecified atom stereocenters. The van der Waals surface area contributed by atoms with Gasteiger partial charge in [0.2, 0.25) is 0 Å². The smallest absolute Gasteiger partial charge is 0.476 e. The van der Waals surface area contributed by atoms with Crippen LogP contribution < -0.4 is 0 Å². The molecule has 0 spiro atoms. The van der Waals surface area contributed by atoms with Crippen molar-refractivity contribution in [3.63, 3.8) is 0 Å². The standard InChI is InChI=1S/C13H13N9O7.C9H8N8O8.C4H7N9O.C3H4N8O4.2C3H2O2/c23-10(24)7-1-20(17-14-7)4-13(29,5-21-2-8(11(25)26)15-18-21)6-22-3-9(12(27)28)16-19-22;18-7(19)5-1-14(12-10-5)3-9(16(22)23,17(24)25)4-15-2-6(8(20)21)11-13-15;5-11-8-1-4(14,2-9-12-6)3-10-13-7;4-8-6-1-3(10(12)13,11(14)15)2-7-9-5;2*1-2-3(4)5/h1-3,29H,4-6H2,(H,23,24)(H,25,26)(H,27,28);1-2H,3-4H2,(H,18,19)(H,20,21);14H,1-3H2;1-2H2;2*1H,(H,4,5). The molecule has 0 radical (unpaired) electrons. The van der Waals surface area contributed by atoms with Gasteiger partial charge in [0.1, 0.15) is 15.4 Å². The third-order valence-electron chi connectivity index (χ3n) is 9.65. The summed E-state index contributed by atoms with van der Waals surface area (Å²) in [5, 5.41) is 173. The van der Waals surface area contributed by atoms with E-state index in [1.165, 1.54) is 11.8 Å². The van der Waals surface area contributed by atoms with Crippen molar-refractivity contribution in [2.24, 2.45) is 25.6 Å². The quantitative estimate of drug-likeness (QED) is 0.00467. The number of rotatable bonds is 29. The summed E-state index contributed by atoms with van der Waals surface area (Å²) in [5.41, 5.74) is 28.7. The fraction of sp³-hybridized carbons (Fsp3) is 0.400. The Morgan fingerprint density at radius 3 is 0.763 bits per heavy atom. The van der Waals surface area contributed by atoms with Crippen LogP contribution in [0.4, 0.5) is 0 Å². The molecule has 93 heavy (non-hydrogen) atoms. The van der Waals surface area contributed by atoms with Crippen molar-refractivity contribution in [1.82, 2.24) is 75.0 Å². The number of nitrogens with zero attached hydrogens (tertiary/aromatic N) is 34. The summed E-state index contributed by atoms with van der Waals surface area (Å²) in [5.74, 6) is -6.43. The van der Waals surface area contributed by atoms with Crippen molar-refractivity contribution in [2.75, 3.05) is 32.7 Å². The van der Waals surface area contributed by atoms with Gasteiger partial charge >= 0.3 is 53.1 Å². The maximum atomic E-state index is 11.4. The number of azide groups is 5. The van der Waals surface area contributed by atoms with E-state index >= 15 is 0 Å². The number of aromatic carboxylic acids is 5. The second-order valence-corrected chi connectivity index (χ2v) is 16.3. The zero-order chi connectivity index (χ0) is 71.3. The molecule has 0 aliphatic carbocycles. The molecular weight excluding hydrogens is 1280 g/mol. The van der Waals surface area contributed by atoms with Crippen LogP contribution >= 0.6 is 0 Å². The topological polar surface area (TPSA) is 871 Å². The van der Waals surface area contributed by atoms with Crippen molar-refractivity contribution in [3.8, 4) is 24.7 Å². The molecule has 9 N–H and O–H groups in total. The lowest BCUT2D eigenvalue weighted by atomic mass is 10.0. The number of nitro groups is 4. The van der Waals surface area contributed by atoms with Crippen LogP contribution in [0.2, 0.25) is 0 Å². The molecule has 58 nitrogen and oxygen atoms in total. The molecular formula is C35H36N34O24. The fourth-order valence-electron chi connectivity index (χ4n) is 5.57. The molecule has 0 fully saturated rings. The van der Waals surface area contributed by atoms with Crippen LogP contribution in [0.1, 0.15) is 52.4 Å².